The van der Waals surface area contributed by atoms with E-state index in [4.69, 9.17) is 5.11 Å². The van der Waals surface area contributed by atoms with Gasteiger partial charge < -0.3 is 5.11 Å². The monoisotopic (exact) mass is 300 g/mol. The van der Waals surface area contributed by atoms with Crippen LogP contribution in [0.3, 0.4) is 0 Å². The number of rotatable bonds is 12. The van der Waals surface area contributed by atoms with Crippen LogP contribution in [0.25, 0.3) is 0 Å². The van der Waals surface area contributed by atoms with E-state index in [1.807, 2.05) is 48.6 Å². The summed E-state index contributed by atoms with van der Waals surface area (Å²) in [7, 11) is 0. The molecule has 0 saturated carbocycles. The molecule has 0 spiro atoms. The van der Waals surface area contributed by atoms with Crippen molar-refractivity contribution >= 4 is 5.97 Å². The maximum atomic E-state index is 10.3. The third kappa shape index (κ3) is 17.9. The van der Waals surface area contributed by atoms with E-state index in [1.54, 1.807) is 0 Å². The Morgan fingerprint density at radius 1 is 0.727 bits per heavy atom. The number of allylic oxidation sites excluding steroid dienone is 12. The summed E-state index contributed by atoms with van der Waals surface area (Å²) < 4.78 is 0. The van der Waals surface area contributed by atoms with Gasteiger partial charge in [-0.1, -0.05) is 79.8 Å². The van der Waals surface area contributed by atoms with Crippen LogP contribution in [0.15, 0.2) is 72.9 Å². The fraction of sp³-hybridized carbons (Fsp3) is 0.350. The summed E-state index contributed by atoms with van der Waals surface area (Å²) in [6.45, 7) is 2.15. The standard InChI is InChI=1S/C20H28O2/c1-2-3-4-5-6-7-8-9-10-11-12-13-14-15-16-17-18-19-20(21)22/h3-4,8-17H,2,5-7,18-19H2,1H3,(H,21,22)/b4-3+,9-8+,11-10+,13-12+,15-14+,17-16+. The van der Waals surface area contributed by atoms with Gasteiger partial charge in [-0.3, -0.25) is 4.79 Å². The van der Waals surface area contributed by atoms with E-state index in [0.717, 1.165) is 19.3 Å². The number of hydrogen-bond acceptors (Lipinski definition) is 1. The van der Waals surface area contributed by atoms with Gasteiger partial charge in [-0.15, -0.1) is 0 Å². The first-order valence-corrected chi connectivity index (χ1v) is 7.95. The SMILES string of the molecule is CC/C=C/CCC/C=C/C=C/C=C/C=C/C=C/CCC(=O)O. The van der Waals surface area contributed by atoms with Crippen molar-refractivity contribution in [3.63, 3.8) is 0 Å². The predicted octanol–water partition coefficient (Wildman–Crippen LogP) is 5.77. The maximum absolute atomic E-state index is 10.3. The molecule has 0 aliphatic carbocycles. The Morgan fingerprint density at radius 2 is 1.23 bits per heavy atom. The van der Waals surface area contributed by atoms with Crippen molar-refractivity contribution in [2.24, 2.45) is 0 Å². The van der Waals surface area contributed by atoms with Crippen LogP contribution in [0, 0.1) is 0 Å². The van der Waals surface area contributed by atoms with Gasteiger partial charge in [0.2, 0.25) is 0 Å². The van der Waals surface area contributed by atoms with E-state index in [-0.39, 0.29) is 6.42 Å². The van der Waals surface area contributed by atoms with Crippen molar-refractivity contribution in [1.82, 2.24) is 0 Å². The average molecular weight is 300 g/mol. The van der Waals surface area contributed by atoms with Crippen LogP contribution in [0.5, 0.6) is 0 Å². The van der Waals surface area contributed by atoms with Crippen LogP contribution in [-0.4, -0.2) is 11.1 Å². The van der Waals surface area contributed by atoms with Gasteiger partial charge in [0.1, 0.15) is 0 Å². The number of aliphatic carboxylic acids is 1. The van der Waals surface area contributed by atoms with E-state index in [0.29, 0.717) is 6.42 Å². The number of carboxylic acid groups (broad SMARTS) is 1. The van der Waals surface area contributed by atoms with Crippen molar-refractivity contribution in [2.45, 2.75) is 45.4 Å². The summed E-state index contributed by atoms with van der Waals surface area (Å²) in [5, 5.41) is 8.46. The van der Waals surface area contributed by atoms with Crippen molar-refractivity contribution < 1.29 is 9.90 Å². The van der Waals surface area contributed by atoms with Crippen LogP contribution in [0.4, 0.5) is 0 Å². The first kappa shape index (κ1) is 19.9. The Labute approximate surface area is 134 Å². The zero-order chi connectivity index (χ0) is 16.3. The molecule has 0 heterocycles. The lowest BCUT2D eigenvalue weighted by molar-refractivity contribution is -0.136. The number of hydrogen-bond donors (Lipinski definition) is 1. The molecular weight excluding hydrogens is 272 g/mol. The zero-order valence-corrected chi connectivity index (χ0v) is 13.5. The third-order valence-corrected chi connectivity index (χ3v) is 2.72. The van der Waals surface area contributed by atoms with Gasteiger partial charge in [-0.05, 0) is 32.1 Å². The normalized spacial score (nSPS) is 13.1. The summed E-state index contributed by atoms with van der Waals surface area (Å²) in [6.07, 6.45) is 29.5. The number of carbonyl (C=O) groups is 1. The second kappa shape index (κ2) is 17.0. The second-order valence-electron chi connectivity index (χ2n) is 4.75. The molecule has 2 heteroatoms. The number of unbranched alkanes of at least 4 members (excludes halogenated alkanes) is 2. The molecule has 120 valence electrons. The average Bonchev–Trinajstić information content (AvgIpc) is 2.50. The molecule has 0 amide bonds. The van der Waals surface area contributed by atoms with E-state index in [2.05, 4.69) is 31.2 Å². The lowest BCUT2D eigenvalue weighted by Crippen LogP contribution is -1.91. The van der Waals surface area contributed by atoms with E-state index >= 15 is 0 Å². The molecule has 2 nitrogen and oxygen atoms in total. The van der Waals surface area contributed by atoms with Gasteiger partial charge in [0.05, 0.1) is 0 Å². The van der Waals surface area contributed by atoms with Crippen molar-refractivity contribution in [3.05, 3.63) is 72.9 Å². The molecule has 0 aromatic heterocycles. The summed E-state index contributed by atoms with van der Waals surface area (Å²) in [5.41, 5.74) is 0. The fourth-order valence-corrected chi connectivity index (χ4v) is 1.58. The predicted molar refractivity (Wildman–Crippen MR) is 95.9 cm³/mol. The Hall–Kier alpha value is -2.09. The molecule has 0 saturated heterocycles. The van der Waals surface area contributed by atoms with Gasteiger partial charge in [0, 0.05) is 6.42 Å². The smallest absolute Gasteiger partial charge is 0.303 e. The number of carboxylic acids is 1. The molecule has 0 fully saturated rings. The lowest BCUT2D eigenvalue weighted by Gasteiger charge is -1.88. The second-order valence-corrected chi connectivity index (χ2v) is 4.75. The van der Waals surface area contributed by atoms with Crippen LogP contribution in [0.1, 0.15) is 45.4 Å². The highest BCUT2D eigenvalue weighted by atomic mass is 16.4. The van der Waals surface area contributed by atoms with E-state index < -0.39 is 5.97 Å². The maximum Gasteiger partial charge on any atom is 0.303 e. The Morgan fingerprint density at radius 3 is 1.77 bits per heavy atom. The molecule has 22 heavy (non-hydrogen) atoms. The van der Waals surface area contributed by atoms with Crippen LogP contribution >= 0.6 is 0 Å². The molecule has 1 N–H and O–H groups in total. The zero-order valence-electron chi connectivity index (χ0n) is 13.5. The summed E-state index contributed by atoms with van der Waals surface area (Å²) in [6, 6.07) is 0. The molecule has 0 radical (unpaired) electrons. The van der Waals surface area contributed by atoms with Crippen LogP contribution in [-0.2, 0) is 4.79 Å². The van der Waals surface area contributed by atoms with E-state index in [9.17, 15) is 4.79 Å². The Balaban J connectivity index is 3.62. The molecular formula is C20H28O2. The molecule has 0 bridgehead atoms. The highest BCUT2D eigenvalue weighted by Crippen LogP contribution is 1.98. The lowest BCUT2D eigenvalue weighted by atomic mass is 10.2. The topological polar surface area (TPSA) is 37.3 Å². The molecule has 0 aromatic carbocycles. The molecule has 0 rings (SSSR count). The van der Waals surface area contributed by atoms with Gasteiger partial charge in [-0.2, -0.15) is 0 Å². The van der Waals surface area contributed by atoms with Crippen molar-refractivity contribution in [1.29, 1.82) is 0 Å². The highest BCUT2D eigenvalue weighted by molar-refractivity contribution is 5.66. The van der Waals surface area contributed by atoms with Gasteiger partial charge in [0.25, 0.3) is 0 Å². The summed E-state index contributed by atoms with van der Waals surface area (Å²) >= 11 is 0. The summed E-state index contributed by atoms with van der Waals surface area (Å²) in [4.78, 5) is 10.3. The molecule has 0 aliphatic heterocycles. The largest absolute Gasteiger partial charge is 0.481 e. The first-order valence-electron chi connectivity index (χ1n) is 7.95. The minimum absolute atomic E-state index is 0.185. The molecule has 0 aliphatic rings. The minimum Gasteiger partial charge on any atom is -0.481 e. The van der Waals surface area contributed by atoms with Crippen LogP contribution in [0.2, 0.25) is 0 Å². The highest BCUT2D eigenvalue weighted by Gasteiger charge is 1.90. The molecule has 0 aromatic rings. The van der Waals surface area contributed by atoms with Crippen molar-refractivity contribution in [2.75, 3.05) is 0 Å². The molecule has 0 unspecified atom stereocenters. The first-order chi connectivity index (χ1) is 10.8. The van der Waals surface area contributed by atoms with Gasteiger partial charge in [0.15, 0.2) is 0 Å². The van der Waals surface area contributed by atoms with Crippen molar-refractivity contribution in [3.8, 4) is 0 Å². The molecule has 0 atom stereocenters. The fourth-order valence-electron chi connectivity index (χ4n) is 1.58. The van der Waals surface area contributed by atoms with Gasteiger partial charge >= 0.3 is 5.97 Å². The Bertz CT molecular complexity index is 435. The Kier molecular flexibility index (Phi) is 15.4. The van der Waals surface area contributed by atoms with Crippen LogP contribution < -0.4 is 0 Å². The van der Waals surface area contributed by atoms with E-state index in [1.165, 1.54) is 6.42 Å². The van der Waals surface area contributed by atoms with Gasteiger partial charge in [-0.25, -0.2) is 0 Å². The third-order valence-electron chi connectivity index (χ3n) is 2.72. The quantitative estimate of drug-likeness (QED) is 0.282. The summed E-state index contributed by atoms with van der Waals surface area (Å²) in [5.74, 6) is -0.760. The minimum atomic E-state index is -0.760.